The summed E-state index contributed by atoms with van der Waals surface area (Å²) in [7, 11) is 0. The lowest BCUT2D eigenvalue weighted by Crippen LogP contribution is -1.97. The Balaban J connectivity index is 1.95. The minimum Gasteiger partial charge on any atom is -0.234 e. The molecule has 2 aromatic carbocycles. The minimum absolute atomic E-state index is 0.701. The number of halogens is 1. The third-order valence-corrected chi connectivity index (χ3v) is 3.98. The van der Waals surface area contributed by atoms with Crippen molar-refractivity contribution < 1.29 is 0 Å². The van der Waals surface area contributed by atoms with Crippen molar-refractivity contribution in [2.45, 2.75) is 6.92 Å². The van der Waals surface area contributed by atoms with Crippen molar-refractivity contribution in [3.8, 4) is 22.5 Å². The van der Waals surface area contributed by atoms with E-state index >= 15 is 0 Å². The Kier molecular flexibility index (Phi) is 3.36. The van der Waals surface area contributed by atoms with Crippen LogP contribution in [0.15, 0.2) is 66.7 Å². The molecule has 4 aromatic rings. The fourth-order valence-corrected chi connectivity index (χ4v) is 2.89. The summed E-state index contributed by atoms with van der Waals surface area (Å²) in [5.41, 5.74) is 5.79. The fraction of sp³-hybridized carbons (Fsp3) is 0.0526. The van der Waals surface area contributed by atoms with E-state index in [0.29, 0.717) is 5.02 Å². The second-order valence-electron chi connectivity index (χ2n) is 5.46. The van der Waals surface area contributed by atoms with Crippen molar-refractivity contribution in [2.24, 2.45) is 0 Å². The van der Waals surface area contributed by atoms with Crippen LogP contribution in [0, 0.1) is 6.92 Å². The number of fused-ring (bicyclic) bond motifs is 1. The summed E-state index contributed by atoms with van der Waals surface area (Å²) in [5.74, 6) is 0. The van der Waals surface area contributed by atoms with Gasteiger partial charge in [0.15, 0.2) is 5.65 Å². The molecular weight excluding hydrogens is 306 g/mol. The van der Waals surface area contributed by atoms with Gasteiger partial charge in [0.25, 0.3) is 0 Å². The molecule has 0 aliphatic heterocycles. The number of benzene rings is 2. The van der Waals surface area contributed by atoms with Crippen molar-refractivity contribution in [1.82, 2.24) is 14.6 Å². The molecule has 0 unspecified atom stereocenters. The molecule has 0 atom stereocenters. The Morgan fingerprint density at radius 2 is 1.65 bits per heavy atom. The average Bonchev–Trinajstić information content (AvgIpc) is 2.99. The number of hydrogen-bond acceptors (Lipinski definition) is 2. The molecule has 0 spiro atoms. The van der Waals surface area contributed by atoms with Crippen LogP contribution < -0.4 is 0 Å². The molecule has 112 valence electrons. The summed E-state index contributed by atoms with van der Waals surface area (Å²) in [6, 6.07) is 22.0. The van der Waals surface area contributed by atoms with Gasteiger partial charge in [-0.25, -0.2) is 9.50 Å². The number of nitrogens with zero attached hydrogens (tertiary/aromatic N) is 3. The van der Waals surface area contributed by atoms with Crippen LogP contribution in [-0.2, 0) is 0 Å². The highest BCUT2D eigenvalue weighted by molar-refractivity contribution is 6.30. The third-order valence-electron chi connectivity index (χ3n) is 3.75. The van der Waals surface area contributed by atoms with Gasteiger partial charge >= 0.3 is 0 Å². The van der Waals surface area contributed by atoms with E-state index in [1.807, 2.05) is 60.0 Å². The van der Waals surface area contributed by atoms with Gasteiger partial charge in [-0.15, -0.1) is 0 Å². The molecule has 0 saturated heterocycles. The van der Waals surface area contributed by atoms with Gasteiger partial charge in [-0.3, -0.25) is 0 Å². The largest absolute Gasteiger partial charge is 0.234 e. The summed E-state index contributed by atoms with van der Waals surface area (Å²) in [4.78, 5) is 4.60. The van der Waals surface area contributed by atoms with Gasteiger partial charge in [0, 0.05) is 27.9 Å². The number of aryl methyl sites for hydroxylation is 1. The van der Waals surface area contributed by atoms with Crippen molar-refractivity contribution in [1.29, 1.82) is 0 Å². The first-order valence-electron chi connectivity index (χ1n) is 7.39. The number of hydrogen-bond donors (Lipinski definition) is 0. The zero-order chi connectivity index (χ0) is 15.8. The maximum atomic E-state index is 6.10. The summed E-state index contributed by atoms with van der Waals surface area (Å²) < 4.78 is 1.89. The van der Waals surface area contributed by atoms with Crippen LogP contribution in [0.4, 0.5) is 0 Å². The lowest BCUT2D eigenvalue weighted by atomic mass is 10.1. The first kappa shape index (κ1) is 14.0. The summed E-state index contributed by atoms with van der Waals surface area (Å²) in [5, 5.41) is 5.44. The SMILES string of the molecule is Cc1cc(-c2ccccc2)n2nc(-c3cccc(Cl)c3)cc2n1. The van der Waals surface area contributed by atoms with E-state index in [1.54, 1.807) is 0 Å². The van der Waals surface area contributed by atoms with Crippen LogP contribution >= 0.6 is 11.6 Å². The Labute approximate surface area is 139 Å². The van der Waals surface area contributed by atoms with Gasteiger partial charge in [0.1, 0.15) is 0 Å². The molecule has 0 bridgehead atoms. The Bertz CT molecular complexity index is 990. The third kappa shape index (κ3) is 2.60. The smallest absolute Gasteiger partial charge is 0.156 e. The van der Waals surface area contributed by atoms with Crippen LogP contribution in [0.3, 0.4) is 0 Å². The Hall–Kier alpha value is -2.65. The lowest BCUT2D eigenvalue weighted by molar-refractivity contribution is 0.942. The van der Waals surface area contributed by atoms with E-state index in [2.05, 4.69) is 23.2 Å². The van der Waals surface area contributed by atoms with E-state index in [9.17, 15) is 0 Å². The standard InChI is InChI=1S/C19H14ClN3/c1-13-10-18(14-6-3-2-4-7-14)23-19(21-13)12-17(22-23)15-8-5-9-16(20)11-15/h2-12H,1H3. The van der Waals surface area contributed by atoms with Gasteiger partial charge in [-0.2, -0.15) is 5.10 Å². The molecule has 0 fully saturated rings. The summed E-state index contributed by atoms with van der Waals surface area (Å²) >= 11 is 6.10. The molecule has 0 N–H and O–H groups in total. The van der Waals surface area contributed by atoms with Gasteiger partial charge in [0.05, 0.1) is 11.4 Å². The van der Waals surface area contributed by atoms with Crippen LogP contribution in [0.1, 0.15) is 5.69 Å². The van der Waals surface area contributed by atoms with E-state index in [-0.39, 0.29) is 0 Å². The molecule has 0 radical (unpaired) electrons. The van der Waals surface area contributed by atoms with Crippen molar-refractivity contribution >= 4 is 17.2 Å². The van der Waals surface area contributed by atoms with Gasteiger partial charge < -0.3 is 0 Å². The molecule has 3 nitrogen and oxygen atoms in total. The van der Waals surface area contributed by atoms with Crippen LogP contribution in [0.2, 0.25) is 5.02 Å². The second-order valence-corrected chi connectivity index (χ2v) is 5.90. The van der Waals surface area contributed by atoms with Crippen molar-refractivity contribution in [3.05, 3.63) is 77.4 Å². The Morgan fingerprint density at radius 3 is 2.43 bits per heavy atom. The average molecular weight is 320 g/mol. The highest BCUT2D eigenvalue weighted by Gasteiger charge is 2.11. The fourth-order valence-electron chi connectivity index (χ4n) is 2.70. The monoisotopic (exact) mass is 319 g/mol. The molecule has 0 aliphatic carbocycles. The summed E-state index contributed by atoms with van der Waals surface area (Å²) in [6.45, 7) is 2.00. The molecule has 4 rings (SSSR count). The van der Waals surface area contributed by atoms with Crippen molar-refractivity contribution in [3.63, 3.8) is 0 Å². The minimum atomic E-state index is 0.701. The highest BCUT2D eigenvalue weighted by Crippen LogP contribution is 2.26. The molecule has 0 amide bonds. The molecule has 2 aromatic heterocycles. The predicted molar refractivity (Wildman–Crippen MR) is 93.6 cm³/mol. The molecule has 0 saturated carbocycles. The zero-order valence-electron chi connectivity index (χ0n) is 12.6. The highest BCUT2D eigenvalue weighted by atomic mass is 35.5. The molecule has 4 heteroatoms. The van der Waals surface area contributed by atoms with E-state index in [1.165, 1.54) is 0 Å². The quantitative estimate of drug-likeness (QED) is 0.519. The molecular formula is C19H14ClN3. The lowest BCUT2D eigenvalue weighted by Gasteiger charge is -2.05. The van der Waals surface area contributed by atoms with Crippen LogP contribution in [-0.4, -0.2) is 14.6 Å². The van der Waals surface area contributed by atoms with Gasteiger partial charge in [0.2, 0.25) is 0 Å². The van der Waals surface area contributed by atoms with Gasteiger partial charge in [-0.1, -0.05) is 54.1 Å². The molecule has 2 heterocycles. The van der Waals surface area contributed by atoms with Crippen molar-refractivity contribution in [2.75, 3.05) is 0 Å². The van der Waals surface area contributed by atoms with E-state index in [0.717, 1.165) is 33.9 Å². The first-order chi connectivity index (χ1) is 11.2. The normalized spacial score (nSPS) is 11.0. The summed E-state index contributed by atoms with van der Waals surface area (Å²) in [6.07, 6.45) is 0. The van der Waals surface area contributed by atoms with Crippen LogP contribution in [0.25, 0.3) is 28.2 Å². The first-order valence-corrected chi connectivity index (χ1v) is 7.77. The molecule has 23 heavy (non-hydrogen) atoms. The number of rotatable bonds is 2. The van der Waals surface area contributed by atoms with E-state index in [4.69, 9.17) is 16.7 Å². The van der Waals surface area contributed by atoms with E-state index < -0.39 is 0 Å². The predicted octanol–water partition coefficient (Wildman–Crippen LogP) is 5.03. The topological polar surface area (TPSA) is 30.2 Å². The zero-order valence-corrected chi connectivity index (χ0v) is 13.3. The van der Waals surface area contributed by atoms with Gasteiger partial charge in [-0.05, 0) is 25.1 Å². The second kappa shape index (κ2) is 5.52. The maximum Gasteiger partial charge on any atom is 0.156 e. The van der Waals surface area contributed by atoms with Crippen LogP contribution in [0.5, 0.6) is 0 Å². The maximum absolute atomic E-state index is 6.10. The Morgan fingerprint density at radius 1 is 0.870 bits per heavy atom. The number of aromatic nitrogens is 3. The molecule has 0 aliphatic rings.